The number of allylic oxidation sites excluding steroid dienone is 1. The molecule has 0 radical (unpaired) electrons. The van der Waals surface area contributed by atoms with Gasteiger partial charge in [-0.15, -0.1) is 6.58 Å². The Balaban J connectivity index is 2.45. The van der Waals surface area contributed by atoms with Crippen LogP contribution in [0.1, 0.15) is 29.8 Å². The molecule has 0 saturated carbocycles. The smallest absolute Gasteiger partial charge is 0.270 e. The van der Waals surface area contributed by atoms with E-state index in [-0.39, 0.29) is 11.6 Å². The summed E-state index contributed by atoms with van der Waals surface area (Å²) in [4.78, 5) is 12.4. The van der Waals surface area contributed by atoms with Crippen molar-refractivity contribution in [3.8, 4) is 0 Å². The Kier molecular flexibility index (Phi) is 4.41. The average molecular weight is 311 g/mol. The van der Waals surface area contributed by atoms with Gasteiger partial charge in [0.25, 0.3) is 5.56 Å². The number of aromatic nitrogens is 2. The summed E-state index contributed by atoms with van der Waals surface area (Å²) in [5.74, 6) is 0. The van der Waals surface area contributed by atoms with Gasteiger partial charge in [-0.05, 0) is 38.0 Å². The van der Waals surface area contributed by atoms with Crippen LogP contribution in [0.3, 0.4) is 0 Å². The SMILES string of the molecule is C=CCc1c(C)[nH]n(C(C)c2ccc(Cl)c(Cl)c2)c1=O. The van der Waals surface area contributed by atoms with Gasteiger partial charge in [0, 0.05) is 11.3 Å². The van der Waals surface area contributed by atoms with Gasteiger partial charge in [0.05, 0.1) is 16.1 Å². The average Bonchev–Trinajstić information content (AvgIpc) is 2.69. The predicted molar refractivity (Wildman–Crippen MR) is 84.0 cm³/mol. The fourth-order valence-electron chi connectivity index (χ4n) is 2.18. The molecule has 2 rings (SSSR count). The van der Waals surface area contributed by atoms with E-state index in [2.05, 4.69) is 11.7 Å². The molecule has 20 heavy (non-hydrogen) atoms. The lowest BCUT2D eigenvalue weighted by Crippen LogP contribution is -2.23. The van der Waals surface area contributed by atoms with Crippen LogP contribution in [-0.4, -0.2) is 9.78 Å². The van der Waals surface area contributed by atoms with Crippen LogP contribution in [0.25, 0.3) is 0 Å². The molecule has 0 fully saturated rings. The highest BCUT2D eigenvalue weighted by molar-refractivity contribution is 6.42. The van der Waals surface area contributed by atoms with Gasteiger partial charge >= 0.3 is 0 Å². The van der Waals surface area contributed by atoms with Crippen molar-refractivity contribution in [3.05, 3.63) is 68.1 Å². The largest absolute Gasteiger partial charge is 0.299 e. The molecule has 1 heterocycles. The lowest BCUT2D eigenvalue weighted by Gasteiger charge is -2.13. The highest BCUT2D eigenvalue weighted by atomic mass is 35.5. The zero-order valence-corrected chi connectivity index (χ0v) is 12.9. The van der Waals surface area contributed by atoms with Crippen LogP contribution < -0.4 is 5.56 Å². The van der Waals surface area contributed by atoms with Crippen molar-refractivity contribution in [2.45, 2.75) is 26.3 Å². The summed E-state index contributed by atoms with van der Waals surface area (Å²) in [5.41, 5.74) is 2.50. The van der Waals surface area contributed by atoms with Gasteiger partial charge < -0.3 is 0 Å². The first-order valence-electron chi connectivity index (χ1n) is 6.31. The van der Waals surface area contributed by atoms with Crippen molar-refractivity contribution in [1.29, 1.82) is 0 Å². The molecule has 106 valence electrons. The number of halogens is 2. The van der Waals surface area contributed by atoms with E-state index in [4.69, 9.17) is 23.2 Å². The van der Waals surface area contributed by atoms with E-state index in [1.165, 1.54) is 0 Å². The summed E-state index contributed by atoms with van der Waals surface area (Å²) >= 11 is 11.9. The molecule has 0 aliphatic heterocycles. The second kappa shape index (κ2) is 5.90. The second-order valence-corrected chi connectivity index (χ2v) is 5.55. The van der Waals surface area contributed by atoms with Crippen LogP contribution in [0.2, 0.25) is 10.0 Å². The Morgan fingerprint density at radius 1 is 1.40 bits per heavy atom. The Labute approximate surface area is 127 Å². The first-order chi connectivity index (χ1) is 9.45. The fraction of sp³-hybridized carbons (Fsp3) is 0.267. The molecule has 1 atom stereocenters. The molecule has 0 saturated heterocycles. The van der Waals surface area contributed by atoms with Crippen molar-refractivity contribution >= 4 is 23.2 Å². The minimum absolute atomic E-state index is 0.0269. The first-order valence-corrected chi connectivity index (χ1v) is 7.07. The molecule has 1 N–H and O–H groups in total. The minimum Gasteiger partial charge on any atom is -0.299 e. The number of rotatable bonds is 4. The van der Waals surface area contributed by atoms with Crippen molar-refractivity contribution in [2.75, 3.05) is 0 Å². The highest BCUT2D eigenvalue weighted by Gasteiger charge is 2.16. The molecule has 0 amide bonds. The van der Waals surface area contributed by atoms with Gasteiger partial charge in [0.2, 0.25) is 0 Å². The lowest BCUT2D eigenvalue weighted by molar-refractivity contribution is 0.543. The molecular weight excluding hydrogens is 295 g/mol. The molecule has 0 spiro atoms. The van der Waals surface area contributed by atoms with Gasteiger partial charge in [-0.3, -0.25) is 9.89 Å². The fourth-order valence-corrected chi connectivity index (χ4v) is 2.49. The summed E-state index contributed by atoms with van der Waals surface area (Å²) in [6.45, 7) is 7.50. The van der Waals surface area contributed by atoms with Crippen molar-refractivity contribution in [2.24, 2.45) is 0 Å². The van der Waals surface area contributed by atoms with Crippen molar-refractivity contribution in [3.63, 3.8) is 0 Å². The normalized spacial score (nSPS) is 12.4. The maximum Gasteiger partial charge on any atom is 0.270 e. The zero-order valence-electron chi connectivity index (χ0n) is 11.4. The number of nitrogens with one attached hydrogen (secondary N) is 1. The lowest BCUT2D eigenvalue weighted by atomic mass is 10.1. The Morgan fingerprint density at radius 2 is 2.10 bits per heavy atom. The highest BCUT2D eigenvalue weighted by Crippen LogP contribution is 2.26. The number of hydrogen-bond acceptors (Lipinski definition) is 1. The number of nitrogens with zero attached hydrogens (tertiary/aromatic N) is 1. The van der Waals surface area contributed by atoms with Gasteiger partial charge in [-0.2, -0.15) is 0 Å². The van der Waals surface area contributed by atoms with Crippen LogP contribution in [0, 0.1) is 6.92 Å². The van der Waals surface area contributed by atoms with Crippen molar-refractivity contribution < 1.29 is 0 Å². The number of hydrogen-bond donors (Lipinski definition) is 1. The van der Waals surface area contributed by atoms with E-state index in [0.717, 1.165) is 16.8 Å². The number of aryl methyl sites for hydroxylation is 1. The van der Waals surface area contributed by atoms with Gasteiger partial charge in [0.15, 0.2) is 0 Å². The Morgan fingerprint density at radius 3 is 2.70 bits per heavy atom. The summed E-state index contributed by atoms with van der Waals surface area (Å²) in [7, 11) is 0. The molecule has 0 aliphatic carbocycles. The van der Waals surface area contributed by atoms with E-state index >= 15 is 0 Å². The number of H-pyrrole nitrogens is 1. The van der Waals surface area contributed by atoms with Gasteiger partial charge in [-0.1, -0.05) is 35.3 Å². The summed E-state index contributed by atoms with van der Waals surface area (Å²) in [6.07, 6.45) is 2.29. The molecule has 3 nitrogen and oxygen atoms in total. The molecule has 1 unspecified atom stereocenters. The van der Waals surface area contributed by atoms with Crippen LogP contribution in [-0.2, 0) is 6.42 Å². The summed E-state index contributed by atoms with van der Waals surface area (Å²) < 4.78 is 1.60. The summed E-state index contributed by atoms with van der Waals surface area (Å²) in [5, 5.41) is 4.10. The van der Waals surface area contributed by atoms with Gasteiger partial charge in [0.1, 0.15) is 0 Å². The number of benzene rings is 1. The van der Waals surface area contributed by atoms with Crippen LogP contribution in [0.15, 0.2) is 35.6 Å². The second-order valence-electron chi connectivity index (χ2n) is 4.73. The maximum atomic E-state index is 12.4. The minimum atomic E-state index is -0.144. The van der Waals surface area contributed by atoms with E-state index in [0.29, 0.717) is 16.5 Å². The molecular formula is C15H16Cl2N2O. The molecule has 1 aromatic carbocycles. The number of aromatic amines is 1. The molecule has 1 aromatic heterocycles. The molecule has 2 aromatic rings. The maximum absolute atomic E-state index is 12.4. The van der Waals surface area contributed by atoms with E-state index in [9.17, 15) is 4.79 Å². The third-order valence-electron chi connectivity index (χ3n) is 3.38. The topological polar surface area (TPSA) is 37.8 Å². The monoisotopic (exact) mass is 310 g/mol. The quantitative estimate of drug-likeness (QED) is 0.847. The van der Waals surface area contributed by atoms with Crippen LogP contribution >= 0.6 is 23.2 Å². The predicted octanol–water partition coefficient (Wildman–Crippen LogP) is 4.13. The molecule has 0 bridgehead atoms. The first kappa shape index (κ1) is 14.9. The van der Waals surface area contributed by atoms with Crippen LogP contribution in [0.4, 0.5) is 0 Å². The molecule has 5 heteroatoms. The third-order valence-corrected chi connectivity index (χ3v) is 4.12. The summed E-state index contributed by atoms with van der Waals surface area (Å²) in [6, 6.07) is 5.25. The van der Waals surface area contributed by atoms with E-state index in [1.54, 1.807) is 22.9 Å². The Bertz CT molecular complexity index is 700. The third kappa shape index (κ3) is 2.69. The standard InChI is InChI=1S/C15H16Cl2N2O/c1-4-5-12-9(2)18-19(15(12)20)10(3)11-6-7-13(16)14(17)8-11/h4,6-8,10,18H,1,5H2,2-3H3. The van der Waals surface area contributed by atoms with Crippen molar-refractivity contribution in [1.82, 2.24) is 9.78 Å². The van der Waals surface area contributed by atoms with E-state index < -0.39 is 0 Å². The van der Waals surface area contributed by atoms with Crippen LogP contribution in [0.5, 0.6) is 0 Å². The molecule has 0 aliphatic rings. The van der Waals surface area contributed by atoms with E-state index in [1.807, 2.05) is 19.9 Å². The zero-order chi connectivity index (χ0) is 14.9. The Hall–Kier alpha value is -1.45. The van der Waals surface area contributed by atoms with Gasteiger partial charge in [-0.25, -0.2) is 4.68 Å².